The van der Waals surface area contributed by atoms with Crippen molar-refractivity contribution < 1.29 is 9.18 Å². The van der Waals surface area contributed by atoms with Gasteiger partial charge < -0.3 is 10.3 Å². The fourth-order valence-electron chi connectivity index (χ4n) is 2.67. The maximum atomic E-state index is 13.1. The van der Waals surface area contributed by atoms with E-state index < -0.39 is 5.82 Å². The number of halogens is 2. The molecule has 4 nitrogen and oxygen atoms in total. The van der Waals surface area contributed by atoms with E-state index in [0.29, 0.717) is 12.1 Å². The SMILES string of the molecule is Cc1nc2c([nH]1)CC(C(=O)Nc1ccc(F)c(Cl)c1)CC2. The molecule has 1 aliphatic carbocycles. The van der Waals surface area contributed by atoms with E-state index in [2.05, 4.69) is 15.3 Å². The molecule has 0 saturated heterocycles. The largest absolute Gasteiger partial charge is 0.346 e. The van der Waals surface area contributed by atoms with E-state index in [1.54, 1.807) is 0 Å². The Morgan fingerprint density at radius 2 is 2.33 bits per heavy atom. The second kappa shape index (κ2) is 5.48. The van der Waals surface area contributed by atoms with Gasteiger partial charge in [-0.05, 0) is 38.0 Å². The monoisotopic (exact) mass is 307 g/mol. The number of aryl methyl sites for hydroxylation is 2. The highest BCUT2D eigenvalue weighted by atomic mass is 35.5. The van der Waals surface area contributed by atoms with Crippen LogP contribution in [0.15, 0.2) is 18.2 Å². The van der Waals surface area contributed by atoms with Crippen molar-refractivity contribution in [3.05, 3.63) is 46.3 Å². The van der Waals surface area contributed by atoms with Crippen molar-refractivity contribution in [2.24, 2.45) is 5.92 Å². The first-order valence-electron chi connectivity index (χ1n) is 6.83. The number of fused-ring (bicyclic) bond motifs is 1. The number of carbonyl (C=O) groups excluding carboxylic acids is 1. The molecule has 0 bridgehead atoms. The van der Waals surface area contributed by atoms with E-state index >= 15 is 0 Å². The number of amides is 1. The highest BCUT2D eigenvalue weighted by Crippen LogP contribution is 2.26. The lowest BCUT2D eigenvalue weighted by Crippen LogP contribution is -2.28. The Morgan fingerprint density at radius 1 is 1.52 bits per heavy atom. The minimum absolute atomic E-state index is 0.00271. The molecule has 1 heterocycles. The zero-order valence-corrected chi connectivity index (χ0v) is 12.3. The molecule has 3 rings (SSSR count). The van der Waals surface area contributed by atoms with Gasteiger partial charge in [-0.2, -0.15) is 0 Å². The molecule has 2 N–H and O–H groups in total. The van der Waals surface area contributed by atoms with Crippen molar-refractivity contribution >= 4 is 23.2 Å². The molecular formula is C15H15ClFN3O. The summed E-state index contributed by atoms with van der Waals surface area (Å²) in [5.74, 6) is 0.202. The Labute approximate surface area is 126 Å². The van der Waals surface area contributed by atoms with Gasteiger partial charge in [-0.1, -0.05) is 11.6 Å². The first-order valence-corrected chi connectivity index (χ1v) is 7.21. The summed E-state index contributed by atoms with van der Waals surface area (Å²) in [7, 11) is 0. The molecule has 0 saturated carbocycles. The van der Waals surface area contributed by atoms with Crippen LogP contribution < -0.4 is 5.32 Å². The van der Waals surface area contributed by atoms with Crippen LogP contribution in [0.3, 0.4) is 0 Å². The third-order valence-electron chi connectivity index (χ3n) is 3.72. The molecule has 1 aliphatic rings. The van der Waals surface area contributed by atoms with Gasteiger partial charge in [0.25, 0.3) is 0 Å². The highest BCUT2D eigenvalue weighted by molar-refractivity contribution is 6.31. The van der Waals surface area contributed by atoms with Gasteiger partial charge in [0, 0.05) is 23.7 Å². The molecule has 1 aromatic heterocycles. The number of aromatic nitrogens is 2. The predicted octanol–water partition coefficient (Wildman–Crippen LogP) is 3.25. The number of hydrogen-bond donors (Lipinski definition) is 2. The Hall–Kier alpha value is -1.88. The predicted molar refractivity (Wildman–Crippen MR) is 78.9 cm³/mol. The Balaban J connectivity index is 1.70. The van der Waals surface area contributed by atoms with Crippen LogP contribution in [0.5, 0.6) is 0 Å². The van der Waals surface area contributed by atoms with Crippen molar-refractivity contribution in [1.29, 1.82) is 0 Å². The lowest BCUT2D eigenvalue weighted by Gasteiger charge is -2.20. The van der Waals surface area contributed by atoms with E-state index in [1.807, 2.05) is 6.92 Å². The molecule has 1 atom stereocenters. The van der Waals surface area contributed by atoms with Gasteiger partial charge in [-0.25, -0.2) is 9.37 Å². The first-order chi connectivity index (χ1) is 10.0. The van der Waals surface area contributed by atoms with Crippen LogP contribution in [0, 0.1) is 18.7 Å². The molecule has 1 unspecified atom stereocenters. The van der Waals surface area contributed by atoms with Crippen LogP contribution in [0.2, 0.25) is 5.02 Å². The van der Waals surface area contributed by atoms with Gasteiger partial charge >= 0.3 is 0 Å². The zero-order valence-electron chi connectivity index (χ0n) is 11.5. The number of imidazole rings is 1. The van der Waals surface area contributed by atoms with Crippen LogP contribution in [0.4, 0.5) is 10.1 Å². The highest BCUT2D eigenvalue weighted by Gasteiger charge is 2.26. The van der Waals surface area contributed by atoms with Gasteiger partial charge in [-0.15, -0.1) is 0 Å². The summed E-state index contributed by atoms with van der Waals surface area (Å²) in [6.45, 7) is 1.91. The number of benzene rings is 1. The smallest absolute Gasteiger partial charge is 0.227 e. The molecule has 0 fully saturated rings. The number of carbonyl (C=O) groups is 1. The van der Waals surface area contributed by atoms with E-state index in [9.17, 15) is 9.18 Å². The van der Waals surface area contributed by atoms with Gasteiger partial charge in [0.2, 0.25) is 5.91 Å². The molecule has 6 heteroatoms. The number of anilines is 1. The van der Waals surface area contributed by atoms with E-state index in [-0.39, 0.29) is 16.8 Å². The van der Waals surface area contributed by atoms with Gasteiger partial charge in [0.15, 0.2) is 0 Å². The van der Waals surface area contributed by atoms with E-state index in [1.165, 1.54) is 18.2 Å². The Bertz CT molecular complexity index is 698. The molecule has 0 radical (unpaired) electrons. The van der Waals surface area contributed by atoms with Crippen molar-refractivity contribution in [1.82, 2.24) is 9.97 Å². The lowest BCUT2D eigenvalue weighted by molar-refractivity contribution is -0.120. The van der Waals surface area contributed by atoms with Crippen LogP contribution in [0.25, 0.3) is 0 Å². The fourth-order valence-corrected chi connectivity index (χ4v) is 2.85. The molecule has 110 valence electrons. The second-order valence-electron chi connectivity index (χ2n) is 5.31. The third kappa shape index (κ3) is 2.93. The minimum Gasteiger partial charge on any atom is -0.346 e. The maximum absolute atomic E-state index is 13.1. The molecule has 2 aromatic rings. The Kier molecular flexibility index (Phi) is 3.68. The zero-order chi connectivity index (χ0) is 15.0. The molecule has 1 aromatic carbocycles. The van der Waals surface area contributed by atoms with Crippen molar-refractivity contribution in [3.63, 3.8) is 0 Å². The second-order valence-corrected chi connectivity index (χ2v) is 5.71. The number of rotatable bonds is 2. The lowest BCUT2D eigenvalue weighted by atomic mass is 9.89. The van der Waals surface area contributed by atoms with Gasteiger partial charge in [-0.3, -0.25) is 4.79 Å². The van der Waals surface area contributed by atoms with Crippen LogP contribution >= 0.6 is 11.6 Å². The quantitative estimate of drug-likeness (QED) is 0.894. The molecule has 0 aliphatic heterocycles. The minimum atomic E-state index is -0.495. The number of aromatic amines is 1. The summed E-state index contributed by atoms with van der Waals surface area (Å²) >= 11 is 5.71. The van der Waals surface area contributed by atoms with Crippen LogP contribution in [0.1, 0.15) is 23.6 Å². The molecular weight excluding hydrogens is 293 g/mol. The maximum Gasteiger partial charge on any atom is 0.227 e. The number of hydrogen-bond acceptors (Lipinski definition) is 2. The summed E-state index contributed by atoms with van der Waals surface area (Å²) in [5.41, 5.74) is 2.61. The molecule has 1 amide bonds. The number of nitrogens with one attached hydrogen (secondary N) is 2. The molecule has 21 heavy (non-hydrogen) atoms. The summed E-state index contributed by atoms with van der Waals surface area (Å²) in [4.78, 5) is 19.9. The van der Waals surface area contributed by atoms with Crippen LogP contribution in [-0.2, 0) is 17.6 Å². The van der Waals surface area contributed by atoms with Crippen molar-refractivity contribution in [3.8, 4) is 0 Å². The fraction of sp³-hybridized carbons (Fsp3) is 0.333. The third-order valence-corrected chi connectivity index (χ3v) is 4.01. The van der Waals surface area contributed by atoms with Crippen LogP contribution in [-0.4, -0.2) is 15.9 Å². The van der Waals surface area contributed by atoms with E-state index in [0.717, 1.165) is 30.1 Å². The van der Waals surface area contributed by atoms with Crippen molar-refractivity contribution in [2.45, 2.75) is 26.2 Å². The van der Waals surface area contributed by atoms with E-state index in [4.69, 9.17) is 11.6 Å². The normalized spacial score (nSPS) is 17.4. The summed E-state index contributed by atoms with van der Waals surface area (Å²) in [6, 6.07) is 4.17. The molecule has 0 spiro atoms. The average molecular weight is 308 g/mol. The number of H-pyrrole nitrogens is 1. The van der Waals surface area contributed by atoms with Gasteiger partial charge in [0.1, 0.15) is 11.6 Å². The van der Waals surface area contributed by atoms with Crippen molar-refractivity contribution in [2.75, 3.05) is 5.32 Å². The standard InChI is InChI=1S/C15H15ClFN3O/c1-8-18-13-5-2-9(6-14(13)19-8)15(21)20-10-3-4-12(17)11(16)7-10/h3-4,7,9H,2,5-6H2,1H3,(H,18,19)(H,20,21). The number of nitrogens with zero attached hydrogens (tertiary/aromatic N) is 1. The summed E-state index contributed by atoms with van der Waals surface area (Å²) in [6.07, 6.45) is 2.21. The average Bonchev–Trinajstić information content (AvgIpc) is 2.82. The summed E-state index contributed by atoms with van der Waals surface area (Å²) < 4.78 is 13.1. The Morgan fingerprint density at radius 3 is 3.10 bits per heavy atom. The topological polar surface area (TPSA) is 57.8 Å². The first kappa shape index (κ1) is 14.1. The summed E-state index contributed by atoms with van der Waals surface area (Å²) in [5, 5.41) is 2.80. The van der Waals surface area contributed by atoms with Gasteiger partial charge in [0.05, 0.1) is 10.7 Å².